The summed E-state index contributed by atoms with van der Waals surface area (Å²) in [6.45, 7) is 7.05. The van der Waals surface area contributed by atoms with Gasteiger partial charge >= 0.3 is 5.97 Å². The highest BCUT2D eigenvalue weighted by molar-refractivity contribution is 5.88. The first-order valence-electron chi connectivity index (χ1n) is 15.8. The summed E-state index contributed by atoms with van der Waals surface area (Å²) in [5.41, 5.74) is 3.41. The number of benzene rings is 2. The number of hydrogen-bond donors (Lipinski definition) is 2. The highest BCUT2D eigenvalue weighted by Gasteiger charge is 2.59. The number of methoxy groups -OCH3 is 1. The van der Waals surface area contributed by atoms with Crippen molar-refractivity contribution in [2.75, 3.05) is 32.7 Å². The molecule has 9 heteroatoms. The number of nitrogens with zero attached hydrogens (tertiary/aromatic N) is 3. The first-order valence-corrected chi connectivity index (χ1v) is 15.8. The zero-order valence-corrected chi connectivity index (χ0v) is 27.2. The number of rotatable bonds is 9. The summed E-state index contributed by atoms with van der Waals surface area (Å²) in [7, 11) is 5.48. The first-order chi connectivity index (χ1) is 21.5. The molecule has 2 saturated heterocycles. The van der Waals surface area contributed by atoms with Crippen LogP contribution < -0.4 is 15.0 Å². The Kier molecular flexibility index (Phi) is 9.79. The van der Waals surface area contributed by atoms with Crippen molar-refractivity contribution in [3.63, 3.8) is 0 Å². The van der Waals surface area contributed by atoms with E-state index in [-0.39, 0.29) is 5.91 Å². The molecular weight excluding hydrogens is 568 g/mol. The van der Waals surface area contributed by atoms with Crippen molar-refractivity contribution in [2.24, 2.45) is 11.3 Å². The molecule has 0 unspecified atom stereocenters. The summed E-state index contributed by atoms with van der Waals surface area (Å²) in [5.74, 6) is -0.307. The lowest BCUT2D eigenvalue weighted by Gasteiger charge is -2.36. The van der Waals surface area contributed by atoms with E-state index in [0.29, 0.717) is 25.4 Å². The second kappa shape index (κ2) is 13.6. The van der Waals surface area contributed by atoms with Crippen LogP contribution in [0.4, 0.5) is 5.82 Å². The lowest BCUT2D eigenvalue weighted by Crippen LogP contribution is -2.51. The van der Waals surface area contributed by atoms with Crippen LogP contribution in [0.2, 0.25) is 0 Å². The van der Waals surface area contributed by atoms with E-state index in [1.54, 1.807) is 18.2 Å². The van der Waals surface area contributed by atoms with E-state index in [0.717, 1.165) is 40.8 Å². The minimum absolute atomic E-state index is 0.275. The minimum atomic E-state index is -1.07. The molecular formula is C36H46N4O5. The third kappa shape index (κ3) is 6.70. The number of carboxylic acids is 1. The number of pyridine rings is 1. The molecule has 5 atom stereocenters. The van der Waals surface area contributed by atoms with Crippen molar-refractivity contribution in [1.29, 1.82) is 0 Å². The summed E-state index contributed by atoms with van der Waals surface area (Å²) in [6.07, 6.45) is 3.38. The van der Waals surface area contributed by atoms with Gasteiger partial charge in [-0.05, 0) is 54.0 Å². The monoisotopic (exact) mass is 614 g/mol. The van der Waals surface area contributed by atoms with Gasteiger partial charge in [-0.1, -0.05) is 63.2 Å². The van der Waals surface area contributed by atoms with Crippen LogP contribution >= 0.6 is 0 Å². The predicted molar refractivity (Wildman–Crippen MR) is 175 cm³/mol. The summed E-state index contributed by atoms with van der Waals surface area (Å²) in [4.78, 5) is 35.9. The Morgan fingerprint density at radius 3 is 2.44 bits per heavy atom. The first kappa shape index (κ1) is 32.4. The Morgan fingerprint density at radius 1 is 1.07 bits per heavy atom. The van der Waals surface area contributed by atoms with Crippen molar-refractivity contribution < 1.29 is 24.2 Å². The molecule has 0 bridgehead atoms. The number of anilines is 1. The number of carbonyl (C=O) groups is 2. The van der Waals surface area contributed by atoms with E-state index in [1.807, 2.05) is 61.5 Å². The van der Waals surface area contributed by atoms with Crippen LogP contribution in [0.1, 0.15) is 57.2 Å². The minimum Gasteiger partial charge on any atom is -0.496 e. The van der Waals surface area contributed by atoms with Crippen molar-refractivity contribution >= 4 is 17.7 Å². The van der Waals surface area contributed by atoms with E-state index >= 15 is 0 Å². The number of nitrogens with one attached hydrogen (secondary N) is 1. The smallest absolute Gasteiger partial charge is 0.326 e. The van der Waals surface area contributed by atoms with Gasteiger partial charge in [0.2, 0.25) is 0 Å². The number of aliphatic carboxylic acids is 1. The lowest BCUT2D eigenvalue weighted by atomic mass is 9.72. The summed E-state index contributed by atoms with van der Waals surface area (Å²) in [5, 5.41) is 14.6. The Balaban J connectivity index is 1.63. The standard InChI is InChI=1S/C36H46N4O5/c1-36(2,3)29-30(38-22-25-21-24(17-18-27(25)44-6)23-13-8-7-9-14-23)31(26-15-12-19-37-33(26)39(4)5)40(32(29)35(42)43)34(41)28-16-10-11-20-45-28/h7-9,12-15,17-19,21,28-32,38H,10-11,16,20,22H2,1-6H3,(H,42,43)/t28-,29-,30-,31-,32-/m0/s1. The zero-order valence-electron chi connectivity index (χ0n) is 27.2. The van der Waals surface area contributed by atoms with Crippen LogP contribution in [-0.4, -0.2) is 72.9 Å². The van der Waals surface area contributed by atoms with E-state index in [4.69, 9.17) is 9.47 Å². The van der Waals surface area contributed by atoms with E-state index in [2.05, 4.69) is 49.3 Å². The van der Waals surface area contributed by atoms with Gasteiger partial charge in [0.1, 0.15) is 23.7 Å². The summed E-state index contributed by atoms with van der Waals surface area (Å²) >= 11 is 0. The molecule has 0 radical (unpaired) electrons. The van der Waals surface area contributed by atoms with Gasteiger partial charge < -0.3 is 29.7 Å². The van der Waals surface area contributed by atoms with Crippen LogP contribution in [0.15, 0.2) is 66.9 Å². The summed E-state index contributed by atoms with van der Waals surface area (Å²) in [6, 6.07) is 18.0. The molecule has 0 aliphatic carbocycles. The second-order valence-corrected chi connectivity index (χ2v) is 13.3. The maximum absolute atomic E-state index is 14.4. The fourth-order valence-corrected chi connectivity index (χ4v) is 7.12. The van der Waals surface area contributed by atoms with Crippen molar-refractivity contribution in [3.8, 4) is 16.9 Å². The molecule has 1 aromatic heterocycles. The van der Waals surface area contributed by atoms with Gasteiger partial charge in [-0.25, -0.2) is 9.78 Å². The van der Waals surface area contributed by atoms with Crippen LogP contribution in [-0.2, 0) is 20.9 Å². The van der Waals surface area contributed by atoms with Gasteiger partial charge in [0, 0.05) is 56.5 Å². The number of carboxylic acid groups (broad SMARTS) is 1. The van der Waals surface area contributed by atoms with Gasteiger partial charge in [-0.2, -0.15) is 0 Å². The topological polar surface area (TPSA) is 104 Å². The highest BCUT2D eigenvalue weighted by atomic mass is 16.5. The third-order valence-corrected chi connectivity index (χ3v) is 9.10. The van der Waals surface area contributed by atoms with Crippen LogP contribution in [0.5, 0.6) is 5.75 Å². The molecule has 2 fully saturated rings. The quantitative estimate of drug-likeness (QED) is 0.324. The molecule has 2 aliphatic rings. The van der Waals surface area contributed by atoms with E-state index in [1.165, 1.54) is 0 Å². The van der Waals surface area contributed by atoms with Gasteiger partial charge in [-0.3, -0.25) is 4.79 Å². The van der Waals surface area contributed by atoms with Crippen LogP contribution in [0, 0.1) is 11.3 Å². The molecule has 0 saturated carbocycles. The van der Waals surface area contributed by atoms with Gasteiger partial charge in [0.25, 0.3) is 5.91 Å². The second-order valence-electron chi connectivity index (χ2n) is 13.3. The zero-order chi connectivity index (χ0) is 32.3. The fourth-order valence-electron chi connectivity index (χ4n) is 7.12. The molecule has 2 aliphatic heterocycles. The molecule has 45 heavy (non-hydrogen) atoms. The van der Waals surface area contributed by atoms with Crippen molar-refractivity contribution in [1.82, 2.24) is 15.2 Å². The normalized spacial score (nSPS) is 23.5. The number of hydrogen-bond acceptors (Lipinski definition) is 7. The van der Waals surface area contributed by atoms with Crippen LogP contribution in [0.25, 0.3) is 11.1 Å². The van der Waals surface area contributed by atoms with Crippen molar-refractivity contribution in [3.05, 3.63) is 78.0 Å². The maximum atomic E-state index is 14.4. The maximum Gasteiger partial charge on any atom is 0.326 e. The van der Waals surface area contributed by atoms with Gasteiger partial charge in [0.15, 0.2) is 0 Å². The Morgan fingerprint density at radius 2 is 1.82 bits per heavy atom. The van der Waals surface area contributed by atoms with Crippen molar-refractivity contribution in [2.45, 2.75) is 70.8 Å². The molecule has 0 spiro atoms. The SMILES string of the molecule is COc1ccc(-c2ccccc2)cc1CN[C@H]1[C@H](C(C)(C)C)[C@@H](C(=O)O)N(C(=O)[C@@H]2CCCCO2)[C@H]1c1cccnc1N(C)C. The number of amides is 1. The van der Waals surface area contributed by atoms with E-state index < -0.39 is 41.5 Å². The highest BCUT2D eigenvalue weighted by Crippen LogP contribution is 2.50. The van der Waals surface area contributed by atoms with Crippen LogP contribution in [0.3, 0.4) is 0 Å². The molecule has 2 aromatic carbocycles. The van der Waals surface area contributed by atoms with Gasteiger partial charge in [-0.15, -0.1) is 0 Å². The number of likely N-dealkylation sites (tertiary alicyclic amines) is 1. The average molecular weight is 615 g/mol. The Bertz CT molecular complexity index is 1480. The molecule has 5 rings (SSSR count). The van der Waals surface area contributed by atoms with E-state index in [9.17, 15) is 14.7 Å². The molecule has 240 valence electrons. The fraction of sp³-hybridized carbons (Fsp3) is 0.472. The number of carbonyl (C=O) groups excluding carboxylic acids is 1. The predicted octanol–water partition coefficient (Wildman–Crippen LogP) is 5.55. The van der Waals surface area contributed by atoms with Gasteiger partial charge in [0.05, 0.1) is 13.2 Å². The molecule has 3 heterocycles. The molecule has 2 N–H and O–H groups in total. The Labute approximate surface area is 266 Å². The molecule has 1 amide bonds. The summed E-state index contributed by atoms with van der Waals surface area (Å²) < 4.78 is 11.7. The largest absolute Gasteiger partial charge is 0.496 e. The molecule has 9 nitrogen and oxygen atoms in total. The average Bonchev–Trinajstić information content (AvgIpc) is 3.40. The Hall–Kier alpha value is -3.95. The number of ether oxygens (including phenoxy) is 2. The molecule has 3 aromatic rings. The lowest BCUT2D eigenvalue weighted by molar-refractivity contribution is -0.159. The third-order valence-electron chi connectivity index (χ3n) is 9.10. The number of aromatic nitrogens is 1.